The minimum Gasteiger partial charge on any atom is -0.543 e. The second-order valence-electron chi connectivity index (χ2n) is 6.47. The van der Waals surface area contributed by atoms with E-state index in [0.29, 0.717) is 11.6 Å². The maximum atomic E-state index is 12.5. The van der Waals surface area contributed by atoms with Crippen LogP contribution in [0.25, 0.3) is 10.8 Å². The van der Waals surface area contributed by atoms with Gasteiger partial charge in [0.2, 0.25) is 5.91 Å². The Morgan fingerprint density at radius 3 is 2.30 bits per heavy atom. The molecule has 3 aromatic rings. The molecule has 3 rings (SSSR count). The van der Waals surface area contributed by atoms with E-state index in [1.807, 2.05) is 12.1 Å². The fraction of sp³-hybridized carbons (Fsp3) is 0.200. The van der Waals surface area contributed by atoms with Crippen LogP contribution < -0.4 is 16.0 Å². The number of aromatic carboxylic acids is 1. The molecule has 7 nitrogen and oxygen atoms in total. The van der Waals surface area contributed by atoms with Gasteiger partial charge in [0.25, 0.3) is 5.56 Å². The topological polar surface area (TPSA) is 104 Å². The fourth-order valence-electron chi connectivity index (χ4n) is 2.78. The smallest absolute Gasteiger partial charge is 0.275 e. The quantitative estimate of drug-likeness (QED) is 0.739. The van der Waals surface area contributed by atoms with E-state index in [-0.39, 0.29) is 16.5 Å². The lowest BCUT2D eigenvalue weighted by molar-refractivity contribution is -0.255. The van der Waals surface area contributed by atoms with Gasteiger partial charge in [-0.2, -0.15) is 5.10 Å². The van der Waals surface area contributed by atoms with Crippen LogP contribution in [0.2, 0.25) is 0 Å². The molecule has 0 aliphatic rings. The van der Waals surface area contributed by atoms with Gasteiger partial charge in [-0.25, -0.2) is 4.68 Å². The van der Waals surface area contributed by atoms with E-state index >= 15 is 0 Å². The Balaban J connectivity index is 1.87. The molecule has 138 valence electrons. The Labute approximate surface area is 155 Å². The predicted octanol–water partition coefficient (Wildman–Crippen LogP) is 1.52. The monoisotopic (exact) mass is 364 g/mol. The van der Waals surface area contributed by atoms with Crippen molar-refractivity contribution in [3.8, 4) is 0 Å². The number of benzene rings is 2. The van der Waals surface area contributed by atoms with Gasteiger partial charge in [-0.1, -0.05) is 44.2 Å². The molecule has 7 heteroatoms. The molecule has 0 bridgehead atoms. The van der Waals surface area contributed by atoms with E-state index in [1.165, 1.54) is 12.1 Å². The van der Waals surface area contributed by atoms with Crippen LogP contribution >= 0.6 is 0 Å². The van der Waals surface area contributed by atoms with Gasteiger partial charge in [0.05, 0.1) is 11.4 Å². The van der Waals surface area contributed by atoms with Crippen LogP contribution in [-0.4, -0.2) is 21.7 Å². The summed E-state index contributed by atoms with van der Waals surface area (Å²) in [6.07, 6.45) is 0. The van der Waals surface area contributed by atoms with Crippen molar-refractivity contribution in [3.05, 3.63) is 70.1 Å². The highest BCUT2D eigenvalue weighted by Crippen LogP contribution is 2.17. The van der Waals surface area contributed by atoms with Gasteiger partial charge < -0.3 is 15.2 Å². The third-order valence-electron chi connectivity index (χ3n) is 4.22. The summed E-state index contributed by atoms with van der Waals surface area (Å²) < 4.78 is 0.839. The van der Waals surface area contributed by atoms with Crippen molar-refractivity contribution in [2.45, 2.75) is 26.3 Å². The van der Waals surface area contributed by atoms with Crippen molar-refractivity contribution in [3.63, 3.8) is 0 Å². The largest absolute Gasteiger partial charge is 0.543 e. The van der Waals surface area contributed by atoms with Crippen molar-refractivity contribution in [2.24, 2.45) is 0 Å². The summed E-state index contributed by atoms with van der Waals surface area (Å²) in [5.41, 5.74) is 0.803. The van der Waals surface area contributed by atoms with Crippen molar-refractivity contribution in [1.82, 2.24) is 9.78 Å². The first-order valence-electron chi connectivity index (χ1n) is 8.48. The Hall–Kier alpha value is -3.48. The number of anilines is 1. The van der Waals surface area contributed by atoms with Crippen molar-refractivity contribution >= 4 is 28.3 Å². The highest BCUT2D eigenvalue weighted by molar-refractivity contribution is 6.00. The number of nitrogens with zero attached hydrogens (tertiary/aromatic N) is 2. The number of fused-ring (bicyclic) bond motifs is 1. The van der Waals surface area contributed by atoms with Crippen LogP contribution in [0, 0.1) is 0 Å². The second kappa shape index (κ2) is 7.41. The molecule has 0 saturated heterocycles. The number of carbonyl (C=O) groups is 2. The molecule has 0 saturated carbocycles. The first-order valence-corrected chi connectivity index (χ1v) is 8.48. The Bertz CT molecular complexity index is 1070. The first-order chi connectivity index (χ1) is 12.9. The summed E-state index contributed by atoms with van der Waals surface area (Å²) in [6.45, 7) is 3.73. The van der Waals surface area contributed by atoms with E-state index in [0.717, 1.165) is 10.2 Å². The molecule has 1 aromatic heterocycles. The number of aromatic nitrogens is 2. The van der Waals surface area contributed by atoms with Gasteiger partial charge in [-0.3, -0.25) is 9.59 Å². The normalized spacial score (nSPS) is 10.9. The summed E-state index contributed by atoms with van der Waals surface area (Å²) in [4.78, 5) is 36.2. The maximum Gasteiger partial charge on any atom is 0.275 e. The van der Waals surface area contributed by atoms with Crippen LogP contribution in [0.4, 0.5) is 5.69 Å². The zero-order valence-electron chi connectivity index (χ0n) is 14.9. The van der Waals surface area contributed by atoms with Crippen LogP contribution in [0.3, 0.4) is 0 Å². The highest BCUT2D eigenvalue weighted by Gasteiger charge is 2.13. The number of carboxylic acid groups (broad SMARTS) is 1. The Morgan fingerprint density at radius 1 is 1.07 bits per heavy atom. The summed E-state index contributed by atoms with van der Waals surface area (Å²) in [5, 5.41) is 18.2. The van der Waals surface area contributed by atoms with Crippen LogP contribution in [-0.2, 0) is 11.3 Å². The number of carboxylic acids is 1. The molecule has 0 unspecified atom stereocenters. The average Bonchev–Trinajstić information content (AvgIpc) is 2.64. The molecular weight excluding hydrogens is 346 g/mol. The number of hydrogen-bond acceptors (Lipinski definition) is 5. The number of carbonyl (C=O) groups excluding carboxylic acids is 2. The lowest BCUT2D eigenvalue weighted by Crippen LogP contribution is -2.34. The SMILES string of the molecule is CC(C)c1ccc(NC(=O)Cn2nc(C(=O)[O-])c3ccccc3c2=O)cc1. The van der Waals surface area contributed by atoms with Crippen molar-refractivity contribution in [1.29, 1.82) is 0 Å². The summed E-state index contributed by atoms with van der Waals surface area (Å²) in [6, 6.07) is 13.6. The molecule has 0 fully saturated rings. The maximum absolute atomic E-state index is 12.5. The Kier molecular flexibility index (Phi) is 5.03. The molecule has 1 N–H and O–H groups in total. The van der Waals surface area contributed by atoms with E-state index in [1.54, 1.807) is 24.3 Å². The second-order valence-corrected chi connectivity index (χ2v) is 6.47. The van der Waals surface area contributed by atoms with Gasteiger partial charge in [0.15, 0.2) is 0 Å². The molecule has 0 atom stereocenters. The van der Waals surface area contributed by atoms with Gasteiger partial charge >= 0.3 is 0 Å². The van der Waals surface area contributed by atoms with Crippen LogP contribution in [0.5, 0.6) is 0 Å². The first kappa shape index (κ1) is 18.3. The third kappa shape index (κ3) is 3.87. The van der Waals surface area contributed by atoms with E-state index < -0.39 is 24.0 Å². The molecule has 0 aliphatic heterocycles. The average molecular weight is 364 g/mol. The zero-order valence-corrected chi connectivity index (χ0v) is 14.9. The van der Waals surface area contributed by atoms with E-state index in [2.05, 4.69) is 24.3 Å². The number of nitrogens with one attached hydrogen (secondary N) is 1. The summed E-state index contributed by atoms with van der Waals surface area (Å²) >= 11 is 0. The predicted molar refractivity (Wildman–Crippen MR) is 99.5 cm³/mol. The fourth-order valence-corrected chi connectivity index (χ4v) is 2.78. The molecular formula is C20H18N3O4-. The summed E-state index contributed by atoms with van der Waals surface area (Å²) in [5.74, 6) is -1.62. The molecule has 1 heterocycles. The molecule has 0 aliphatic carbocycles. The van der Waals surface area contributed by atoms with Crippen LogP contribution in [0.15, 0.2) is 53.3 Å². The summed E-state index contributed by atoms with van der Waals surface area (Å²) in [7, 11) is 0. The van der Waals surface area contributed by atoms with Gasteiger partial charge in [0, 0.05) is 11.1 Å². The molecule has 0 spiro atoms. The molecule has 27 heavy (non-hydrogen) atoms. The third-order valence-corrected chi connectivity index (χ3v) is 4.22. The van der Waals surface area contributed by atoms with Gasteiger partial charge in [0.1, 0.15) is 12.2 Å². The molecule has 1 amide bonds. The van der Waals surface area contributed by atoms with Crippen molar-refractivity contribution < 1.29 is 14.7 Å². The number of rotatable bonds is 5. The number of hydrogen-bond donors (Lipinski definition) is 1. The molecule has 2 aromatic carbocycles. The molecule has 0 radical (unpaired) electrons. The number of amides is 1. The lowest BCUT2D eigenvalue weighted by atomic mass is 10.0. The zero-order chi connectivity index (χ0) is 19.6. The van der Waals surface area contributed by atoms with Gasteiger partial charge in [-0.15, -0.1) is 0 Å². The van der Waals surface area contributed by atoms with Crippen LogP contribution in [0.1, 0.15) is 35.8 Å². The van der Waals surface area contributed by atoms with E-state index in [4.69, 9.17) is 0 Å². The minimum atomic E-state index is -1.51. The van der Waals surface area contributed by atoms with Gasteiger partial charge in [-0.05, 0) is 29.7 Å². The lowest BCUT2D eigenvalue weighted by Gasteiger charge is -2.12. The van der Waals surface area contributed by atoms with E-state index in [9.17, 15) is 19.5 Å². The minimum absolute atomic E-state index is 0.167. The Morgan fingerprint density at radius 2 is 1.70 bits per heavy atom. The highest BCUT2D eigenvalue weighted by atomic mass is 16.4. The van der Waals surface area contributed by atoms with Crippen molar-refractivity contribution in [2.75, 3.05) is 5.32 Å². The standard InChI is InChI=1S/C20H19N3O4/c1-12(2)13-7-9-14(10-8-13)21-17(24)11-23-19(25)16-6-4-3-5-15(16)18(22-23)20(26)27/h3-10,12H,11H2,1-2H3,(H,21,24)(H,26,27)/p-1.